The third kappa shape index (κ3) is 26.8. The lowest BCUT2D eigenvalue weighted by Gasteiger charge is -2.15. The van der Waals surface area contributed by atoms with Gasteiger partial charge in [-0.25, -0.2) is 52.6 Å². The van der Waals surface area contributed by atoms with E-state index in [1.54, 1.807) is 196 Å². The highest BCUT2D eigenvalue weighted by molar-refractivity contribution is 9.10. The van der Waals surface area contributed by atoms with E-state index < -0.39 is 69.4 Å². The number of alkyl halides is 3. The van der Waals surface area contributed by atoms with Crippen LogP contribution in [0.25, 0.3) is 0 Å². The van der Waals surface area contributed by atoms with Gasteiger partial charge in [-0.1, -0.05) is 125 Å². The first-order valence-corrected chi connectivity index (χ1v) is 38.8. The number of aromatic nitrogens is 4. The van der Waals surface area contributed by atoms with E-state index in [1.807, 2.05) is 12.1 Å². The number of imide groups is 1. The number of Topliss-reactive ketones (excluding diaryl/α,β-unsaturated/α-hetero) is 5. The molecule has 0 spiro atoms. The Morgan fingerprint density at radius 3 is 1.16 bits per heavy atom. The molecule has 5 aliphatic carbocycles. The first-order chi connectivity index (χ1) is 48.1. The second-order valence-electron chi connectivity index (χ2n) is 23.8. The van der Waals surface area contributed by atoms with Crippen LogP contribution < -0.4 is 18.9 Å². The number of carbonyl (C=O) groups is 7. The number of nitrogens with one attached hydrogen (secondary N) is 4. The van der Waals surface area contributed by atoms with Crippen LogP contribution in [-0.4, -0.2) is 152 Å². The van der Waals surface area contributed by atoms with Crippen molar-refractivity contribution in [3.63, 3.8) is 0 Å². The lowest BCUT2D eigenvalue weighted by Crippen LogP contribution is -2.39. The summed E-state index contributed by atoms with van der Waals surface area (Å²) in [5.41, 5.74) is 5.39. The van der Waals surface area contributed by atoms with Crippen LogP contribution in [0.4, 0.5) is 13.2 Å². The van der Waals surface area contributed by atoms with E-state index >= 15 is 0 Å². The zero-order chi connectivity index (χ0) is 74.4. The molecule has 5 heterocycles. The smallest absolute Gasteiger partial charge is 0.292 e. The van der Waals surface area contributed by atoms with Crippen molar-refractivity contribution in [3.8, 4) is 0 Å². The second-order valence-corrected chi connectivity index (χ2v) is 32.6. The minimum Gasteiger partial charge on any atom is -0.292 e. The summed E-state index contributed by atoms with van der Waals surface area (Å²) >= 11 is 3.33. The SMILES string of the molecule is CC(=O)C(F)(F)F.CC(C)S(=O)(=O)NC1C=CC(CC(=O)c2ccccn2)=C1.O=C(CC1=CC(NS(=O)(=O)C2CC2)C=C1)c1ccccn1.O=C(CC1=CC(NS(=O)(=O)CCN2C(=O)CCC2=O)C=C1)c1ccccn1.O=C(CC1=CC(NS(=O)(=O)Cc2ccc(Br)cc2)C=C1)c1ccccn1. The summed E-state index contributed by atoms with van der Waals surface area (Å²) in [6.07, 6.45) is 25.0. The van der Waals surface area contributed by atoms with Gasteiger partial charge in [-0.2, -0.15) is 13.2 Å². The van der Waals surface area contributed by atoms with Crippen molar-refractivity contribution in [2.45, 2.75) is 119 Å². The number of likely N-dealkylation sites (tertiary alicyclic amines) is 1. The van der Waals surface area contributed by atoms with Crippen molar-refractivity contribution in [2.75, 3.05) is 12.3 Å². The minimum absolute atomic E-state index is 0.0720. The molecule has 4 aromatic heterocycles. The van der Waals surface area contributed by atoms with Gasteiger partial charge in [0.1, 0.15) is 22.8 Å². The van der Waals surface area contributed by atoms with Gasteiger partial charge in [0.05, 0.1) is 46.2 Å². The number of carbonyl (C=O) groups excluding carboxylic acids is 7. The van der Waals surface area contributed by atoms with Crippen LogP contribution in [-0.2, 0) is 60.2 Å². The molecule has 1 aliphatic heterocycles. The van der Waals surface area contributed by atoms with Gasteiger partial charge in [0, 0.05) is 81.3 Å². The lowest BCUT2D eigenvalue weighted by molar-refractivity contribution is -0.168. The Morgan fingerprint density at radius 2 is 0.843 bits per heavy atom. The van der Waals surface area contributed by atoms with Gasteiger partial charge in [-0.3, -0.25) is 58.4 Å². The van der Waals surface area contributed by atoms with E-state index in [1.165, 1.54) is 0 Å². The maximum Gasteiger partial charge on any atom is 0.449 e. The number of sulfonamides is 4. The van der Waals surface area contributed by atoms with Gasteiger partial charge in [0.2, 0.25) is 57.7 Å². The molecular weight excluding hydrogens is 1470 g/mol. The summed E-state index contributed by atoms with van der Waals surface area (Å²) in [7, 11) is -13.7. The van der Waals surface area contributed by atoms with Gasteiger partial charge in [-0.05, 0) is 115 Å². The number of rotatable bonds is 27. The zero-order valence-electron chi connectivity index (χ0n) is 55.2. The lowest BCUT2D eigenvalue weighted by atomic mass is 10.1. The van der Waals surface area contributed by atoms with Crippen LogP contribution in [0.5, 0.6) is 0 Å². The van der Waals surface area contributed by atoms with Crippen LogP contribution in [0, 0.1) is 0 Å². The van der Waals surface area contributed by atoms with Gasteiger partial charge >= 0.3 is 6.18 Å². The summed E-state index contributed by atoms with van der Waals surface area (Å²) < 4.78 is 140. The Bertz CT molecular complexity index is 4480. The molecule has 32 heteroatoms. The first-order valence-electron chi connectivity index (χ1n) is 31.6. The van der Waals surface area contributed by atoms with Crippen molar-refractivity contribution in [1.82, 2.24) is 43.7 Å². The fraction of sp³-hybridized carbons (Fsp3) is 0.300. The summed E-state index contributed by atoms with van der Waals surface area (Å²) in [5.74, 6) is -3.30. The molecule has 1 saturated heterocycles. The zero-order valence-corrected chi connectivity index (χ0v) is 60.1. The Labute approximate surface area is 598 Å². The van der Waals surface area contributed by atoms with Crippen LogP contribution in [0.3, 0.4) is 0 Å². The molecule has 4 atom stereocenters. The Morgan fingerprint density at radius 1 is 0.510 bits per heavy atom. The quantitative estimate of drug-likeness (QED) is 0.0282. The van der Waals surface area contributed by atoms with Gasteiger partial charge in [0.15, 0.2) is 23.1 Å². The molecule has 5 aromatic rings. The molecule has 4 N–H and O–H groups in total. The van der Waals surface area contributed by atoms with E-state index in [4.69, 9.17) is 0 Å². The predicted molar refractivity (Wildman–Crippen MR) is 379 cm³/mol. The number of hydrogen-bond donors (Lipinski definition) is 4. The summed E-state index contributed by atoms with van der Waals surface area (Å²) in [5, 5.41) is -0.725. The highest BCUT2D eigenvalue weighted by atomic mass is 79.9. The standard InChI is InChI=1S/C19H17BrN2O3S.C18H19N3O5S.C15H16N2O3S.C15H18N2O3S.C3H3F3O/c20-16-7-4-14(5-8-16)13-26(24,25)22-17-9-6-15(11-17)12-19(23)18-3-1-2-10-21-18;22-16(15-3-1-2-8-19-15)12-13-4-5-14(11-13)20-27(25,26)10-9-21-17(23)6-7-18(21)24;18-15(14-3-1-2-8-16-14)10-11-4-5-12(9-11)17-21(19,20)13-6-7-13;1-11(2)21(19,20)17-13-7-6-12(9-13)10-15(18)14-5-3-4-8-16-14;1-2(7)3(4,5)6/h1-11,17,22H,12-13H2;1-5,8,11,14,20H,6-7,9-10,12H2;1-5,8-9,12-13,17H,6-7,10H2;3-9,11,13,17H,10H2,1-2H3;1H3. The van der Waals surface area contributed by atoms with E-state index in [0.29, 0.717) is 40.8 Å². The molecule has 0 bridgehead atoms. The summed E-state index contributed by atoms with van der Waals surface area (Å²) in [6, 6.07) is 26.0. The highest BCUT2D eigenvalue weighted by Crippen LogP contribution is 2.29. The molecule has 4 unspecified atom stereocenters. The maximum absolute atomic E-state index is 12.3. The van der Waals surface area contributed by atoms with Crippen molar-refractivity contribution in [2.24, 2.45) is 0 Å². The van der Waals surface area contributed by atoms with E-state index in [9.17, 15) is 80.4 Å². The van der Waals surface area contributed by atoms with Crippen LogP contribution in [0.15, 0.2) is 222 Å². The van der Waals surface area contributed by atoms with E-state index in [2.05, 4.69) is 54.8 Å². The number of halogens is 4. The van der Waals surface area contributed by atoms with Crippen molar-refractivity contribution in [3.05, 3.63) is 250 Å². The Balaban J connectivity index is 0.000000185. The minimum atomic E-state index is -4.64. The molecule has 24 nitrogen and oxygen atoms in total. The third-order valence-electron chi connectivity index (χ3n) is 15.1. The monoisotopic (exact) mass is 1540 g/mol. The molecule has 540 valence electrons. The molecule has 11 rings (SSSR count). The number of allylic oxidation sites excluding steroid dienone is 8. The largest absolute Gasteiger partial charge is 0.449 e. The second kappa shape index (κ2) is 36.8. The van der Waals surface area contributed by atoms with Crippen LogP contribution in [0.1, 0.15) is 120 Å². The van der Waals surface area contributed by atoms with Crippen LogP contribution >= 0.6 is 15.9 Å². The van der Waals surface area contributed by atoms with Gasteiger partial charge in [0.25, 0.3) is 0 Å². The highest BCUT2D eigenvalue weighted by Gasteiger charge is 2.37. The molecule has 1 aromatic carbocycles. The van der Waals surface area contributed by atoms with E-state index in [-0.39, 0.29) is 109 Å². The van der Waals surface area contributed by atoms with Crippen molar-refractivity contribution >= 4 is 96.8 Å². The van der Waals surface area contributed by atoms with Gasteiger partial charge < -0.3 is 0 Å². The van der Waals surface area contributed by atoms with Gasteiger partial charge in [-0.15, -0.1) is 0 Å². The number of ketones is 5. The van der Waals surface area contributed by atoms with E-state index in [0.717, 1.165) is 38.9 Å². The maximum atomic E-state index is 12.3. The first kappa shape index (κ1) is 80.5. The Hall–Kier alpha value is -8.86. The van der Waals surface area contributed by atoms with Crippen LogP contribution in [0.2, 0.25) is 0 Å². The average molecular weight is 1550 g/mol. The molecule has 0 radical (unpaired) electrons. The molecular formula is C70H73BrF3N9O15S4. The normalized spacial score (nSPS) is 18.3. The fourth-order valence-corrected chi connectivity index (χ4v) is 14.6. The summed E-state index contributed by atoms with van der Waals surface area (Å²) in [4.78, 5) is 97.9. The molecule has 6 aliphatic rings. The number of nitrogens with zero attached hydrogens (tertiary/aromatic N) is 5. The summed E-state index contributed by atoms with van der Waals surface area (Å²) in [6.45, 7) is 3.57. The molecule has 2 amide bonds. The van der Waals surface area contributed by atoms with Crippen molar-refractivity contribution in [1.29, 1.82) is 0 Å². The molecule has 1 saturated carbocycles. The third-order valence-corrected chi connectivity index (χ3v) is 22.1. The average Bonchev–Trinajstić information content (AvgIpc) is 1.70. The topological polar surface area (TPSA) is 359 Å². The fourth-order valence-electron chi connectivity index (χ4n) is 9.64. The predicted octanol–water partition coefficient (Wildman–Crippen LogP) is 8.57. The number of hydrogen-bond acceptors (Lipinski definition) is 19. The number of benzene rings is 1. The molecule has 2 fully saturated rings. The number of pyridine rings is 4. The molecule has 102 heavy (non-hydrogen) atoms. The Kier molecular flexibility index (Phi) is 29.1. The number of amides is 2. The van der Waals surface area contributed by atoms with Crippen molar-refractivity contribution < 1.29 is 80.4 Å².